The fourth-order valence-corrected chi connectivity index (χ4v) is 4.09. The van der Waals surface area contributed by atoms with E-state index in [4.69, 9.17) is 4.42 Å². The second-order valence-electron chi connectivity index (χ2n) is 7.03. The van der Waals surface area contributed by atoms with Crippen LogP contribution in [0.1, 0.15) is 33.8 Å². The molecule has 0 spiro atoms. The Morgan fingerprint density at radius 3 is 2.48 bits per heavy atom. The van der Waals surface area contributed by atoms with Crippen molar-refractivity contribution in [3.05, 3.63) is 77.2 Å². The third-order valence-electron chi connectivity index (χ3n) is 4.92. The number of Topliss-reactive ketones (excluding diaryl/α,β-unsaturated/α-hetero) is 1. The number of carbonyl (C=O) groups excluding carboxylic acids is 2. The van der Waals surface area contributed by atoms with Crippen LogP contribution in [-0.4, -0.2) is 27.2 Å². The molecule has 1 aromatic heterocycles. The predicted octanol–water partition coefficient (Wildman–Crippen LogP) is 1.01. The van der Waals surface area contributed by atoms with Crippen molar-refractivity contribution in [3.8, 4) is 11.5 Å². The van der Waals surface area contributed by atoms with Gasteiger partial charge in [0.15, 0.2) is 5.78 Å². The average Bonchev–Trinajstić information content (AvgIpc) is 3.28. The van der Waals surface area contributed by atoms with Gasteiger partial charge in [0.05, 0.1) is 5.69 Å². The number of thioether (sulfide) groups is 1. The fraction of sp³-hybridized carbons (Fsp3) is 0.217. The van der Waals surface area contributed by atoms with Gasteiger partial charge in [0.1, 0.15) is 5.76 Å². The van der Waals surface area contributed by atoms with Crippen molar-refractivity contribution in [2.75, 3.05) is 0 Å². The number of nitrogens with zero attached hydrogens (tertiary/aromatic N) is 2. The summed E-state index contributed by atoms with van der Waals surface area (Å²) < 4.78 is 5.75. The monoisotopic (exact) mass is 442 g/mol. The van der Waals surface area contributed by atoms with Crippen LogP contribution in [0.3, 0.4) is 0 Å². The molecule has 4 rings (SSSR count). The molecule has 152 valence electrons. The number of benzene rings is 2. The van der Waals surface area contributed by atoms with Gasteiger partial charge in [-0.2, -0.15) is 0 Å². The van der Waals surface area contributed by atoms with E-state index >= 15 is 0 Å². The minimum atomic E-state index is -0.465. The summed E-state index contributed by atoms with van der Waals surface area (Å²) in [6.45, 7) is 1.85. The largest absolute Gasteiger partial charge is 1.00 e. The summed E-state index contributed by atoms with van der Waals surface area (Å²) in [5.41, 5.74) is 3.18. The van der Waals surface area contributed by atoms with Crippen molar-refractivity contribution in [2.24, 2.45) is 4.99 Å². The predicted molar refractivity (Wildman–Crippen MR) is 114 cm³/mol. The normalized spacial score (nSPS) is 15.5. The van der Waals surface area contributed by atoms with E-state index < -0.39 is 10.5 Å². The van der Waals surface area contributed by atoms with Crippen molar-refractivity contribution in [1.82, 2.24) is 4.98 Å². The summed E-state index contributed by atoms with van der Waals surface area (Å²) in [5, 5.41) is 10.7. The maximum atomic E-state index is 12.6. The number of hydrogen-bond acceptors (Lipinski definition) is 6. The second-order valence-corrected chi connectivity index (χ2v) is 8.19. The first-order chi connectivity index (χ1) is 14.5. The summed E-state index contributed by atoms with van der Waals surface area (Å²) >= 11 is 0.948. The van der Waals surface area contributed by atoms with E-state index in [0.29, 0.717) is 30.7 Å². The number of aromatic nitrogens is 1. The van der Waals surface area contributed by atoms with Gasteiger partial charge >= 0.3 is 34.8 Å². The molecule has 6 nitrogen and oxygen atoms in total. The zero-order valence-corrected chi connectivity index (χ0v) is 20.1. The Hall–Kier alpha value is -2.19. The molecule has 31 heavy (non-hydrogen) atoms. The van der Waals surface area contributed by atoms with Crippen LogP contribution in [0.25, 0.3) is 11.5 Å². The Labute approximate surface area is 206 Å². The van der Waals surface area contributed by atoms with Crippen LogP contribution in [-0.2, 0) is 12.8 Å². The standard InChI is InChI=1S/C23H20N2O4S.Na/c1-14-18(24-22(29-14)17-5-3-2-4-6-17)11-12-19(26)16-9-7-15(8-10-16)13-20-21(27)25-23(28)30-20;/h2-10,20H,11-13H2,1H3,(H,25,27,28);/q;+1/p-1. The first-order valence-corrected chi connectivity index (χ1v) is 10.5. The number of ketones is 1. The molecule has 0 saturated carbocycles. The summed E-state index contributed by atoms with van der Waals surface area (Å²) in [7, 11) is 0. The van der Waals surface area contributed by atoms with Crippen LogP contribution in [0.5, 0.6) is 0 Å². The van der Waals surface area contributed by atoms with Crippen molar-refractivity contribution < 1.29 is 48.7 Å². The van der Waals surface area contributed by atoms with Gasteiger partial charge < -0.3 is 9.52 Å². The number of aliphatic imine (C=N–C) groups is 1. The van der Waals surface area contributed by atoms with Crippen molar-refractivity contribution in [3.63, 3.8) is 0 Å². The van der Waals surface area contributed by atoms with Crippen LogP contribution in [0.2, 0.25) is 0 Å². The molecule has 1 aliphatic heterocycles. The molecule has 0 saturated heterocycles. The van der Waals surface area contributed by atoms with E-state index in [2.05, 4.69) is 9.98 Å². The summed E-state index contributed by atoms with van der Waals surface area (Å²) in [5.74, 6) is 0.907. The summed E-state index contributed by atoms with van der Waals surface area (Å²) in [6.07, 6.45) is 1.25. The number of carbonyl (C=O) groups is 2. The van der Waals surface area contributed by atoms with Gasteiger partial charge in [-0.25, -0.2) is 9.98 Å². The molecule has 0 fully saturated rings. The fourth-order valence-electron chi connectivity index (χ4n) is 3.27. The number of hydrogen-bond donors (Lipinski definition) is 0. The molecule has 0 radical (unpaired) electrons. The molecule has 1 atom stereocenters. The van der Waals surface area contributed by atoms with Crippen LogP contribution in [0.15, 0.2) is 64.0 Å². The maximum Gasteiger partial charge on any atom is 1.00 e. The molecule has 0 N–H and O–H groups in total. The third kappa shape index (κ3) is 5.74. The van der Waals surface area contributed by atoms with E-state index in [9.17, 15) is 14.7 Å². The third-order valence-corrected chi connectivity index (χ3v) is 5.87. The second kappa shape index (κ2) is 10.4. The van der Waals surface area contributed by atoms with Crippen molar-refractivity contribution in [2.45, 2.75) is 31.4 Å². The van der Waals surface area contributed by atoms with Gasteiger partial charge in [0.25, 0.3) is 0 Å². The number of oxazole rings is 1. The van der Waals surface area contributed by atoms with Gasteiger partial charge in [-0.15, -0.1) is 0 Å². The minimum Gasteiger partial charge on any atom is -0.861 e. The van der Waals surface area contributed by atoms with E-state index in [1.165, 1.54) is 0 Å². The molecule has 2 heterocycles. The van der Waals surface area contributed by atoms with Crippen LogP contribution >= 0.6 is 11.8 Å². The Bertz CT molecular complexity index is 1110. The van der Waals surface area contributed by atoms with Crippen LogP contribution in [0, 0.1) is 6.92 Å². The molecule has 0 aliphatic carbocycles. The van der Waals surface area contributed by atoms with E-state index in [-0.39, 0.29) is 41.2 Å². The molecule has 8 heteroatoms. The van der Waals surface area contributed by atoms with Gasteiger partial charge in [0, 0.05) is 29.2 Å². The summed E-state index contributed by atoms with van der Waals surface area (Å²) in [6, 6.07) is 16.8. The Morgan fingerprint density at radius 1 is 1.13 bits per heavy atom. The van der Waals surface area contributed by atoms with Gasteiger partial charge in [0.2, 0.25) is 5.89 Å². The van der Waals surface area contributed by atoms with E-state index in [1.54, 1.807) is 12.1 Å². The van der Waals surface area contributed by atoms with Gasteiger partial charge in [-0.05, 0) is 36.9 Å². The topological polar surface area (TPSA) is 95.6 Å². The maximum absolute atomic E-state index is 12.6. The molecule has 1 amide bonds. The van der Waals surface area contributed by atoms with E-state index in [0.717, 1.165) is 34.3 Å². The average molecular weight is 442 g/mol. The zero-order chi connectivity index (χ0) is 21.1. The molecule has 1 unspecified atom stereocenters. The first kappa shape index (κ1) is 23.5. The van der Waals surface area contributed by atoms with E-state index in [1.807, 2.05) is 49.4 Å². The smallest absolute Gasteiger partial charge is 0.861 e. The first-order valence-electron chi connectivity index (χ1n) is 9.59. The Kier molecular flexibility index (Phi) is 7.89. The number of amides is 1. The minimum absolute atomic E-state index is 0. The van der Waals surface area contributed by atoms with Crippen LogP contribution < -0.4 is 34.7 Å². The Morgan fingerprint density at radius 2 is 1.84 bits per heavy atom. The van der Waals surface area contributed by atoms with Gasteiger partial charge in [-0.3, -0.25) is 9.59 Å². The molecular formula is C23H19N2NaO4S. The quantitative estimate of drug-likeness (QED) is 0.400. The molecule has 3 aromatic rings. The van der Waals surface area contributed by atoms with Crippen molar-refractivity contribution in [1.29, 1.82) is 0 Å². The zero-order valence-electron chi connectivity index (χ0n) is 17.3. The number of aryl methyl sites for hydroxylation is 2. The van der Waals surface area contributed by atoms with Crippen molar-refractivity contribution >= 4 is 28.7 Å². The molecule has 2 aromatic carbocycles. The SMILES string of the molecule is Cc1oc(-c2ccccc2)nc1CCC(=O)c1ccc(CC2SC(=O)N=C2[O-])cc1.[Na+]. The molecule has 0 bridgehead atoms. The summed E-state index contributed by atoms with van der Waals surface area (Å²) in [4.78, 5) is 31.7. The molecule has 1 aliphatic rings. The molecular weight excluding hydrogens is 423 g/mol. The number of rotatable bonds is 7. The van der Waals surface area contributed by atoms with Crippen LogP contribution in [0.4, 0.5) is 4.79 Å². The Balaban J connectivity index is 0.00000272. The van der Waals surface area contributed by atoms with Gasteiger partial charge in [-0.1, -0.05) is 54.2 Å².